The molecule has 0 radical (unpaired) electrons. The lowest BCUT2D eigenvalue weighted by Crippen LogP contribution is -2.33. The van der Waals surface area contributed by atoms with Crippen LogP contribution in [0.1, 0.15) is 30.6 Å². The Labute approximate surface area is 168 Å². The summed E-state index contributed by atoms with van der Waals surface area (Å²) in [7, 11) is 0. The van der Waals surface area contributed by atoms with Gasteiger partial charge in [0.25, 0.3) is 5.91 Å². The van der Waals surface area contributed by atoms with Gasteiger partial charge in [-0.15, -0.1) is 0 Å². The molecule has 3 N–H and O–H groups in total. The van der Waals surface area contributed by atoms with Crippen LogP contribution in [0.4, 0.5) is 21.5 Å². The van der Waals surface area contributed by atoms with Crippen LogP contribution >= 0.6 is 11.6 Å². The maximum absolute atomic E-state index is 13.5. The molecule has 0 spiro atoms. The molecule has 28 heavy (non-hydrogen) atoms. The van der Waals surface area contributed by atoms with Gasteiger partial charge < -0.3 is 20.7 Å². The molecule has 0 unspecified atom stereocenters. The average Bonchev–Trinajstić information content (AvgIpc) is 2.66. The number of hydrogen-bond donors (Lipinski definition) is 2. The molecule has 2 rings (SSSR count). The van der Waals surface area contributed by atoms with E-state index < -0.39 is 11.8 Å². The molecule has 0 aliphatic rings. The number of amides is 1. The van der Waals surface area contributed by atoms with Gasteiger partial charge >= 0.3 is 5.97 Å². The minimum Gasteiger partial charge on any atom is -0.466 e. The number of halogens is 2. The second-order valence-corrected chi connectivity index (χ2v) is 6.35. The van der Waals surface area contributed by atoms with E-state index in [0.717, 1.165) is 5.69 Å². The first-order valence-corrected chi connectivity index (χ1v) is 9.31. The summed E-state index contributed by atoms with van der Waals surface area (Å²) >= 11 is 5.87. The van der Waals surface area contributed by atoms with E-state index in [0.29, 0.717) is 23.5 Å². The molecule has 0 bridgehead atoms. The monoisotopic (exact) mass is 407 g/mol. The molecule has 0 saturated heterocycles. The van der Waals surface area contributed by atoms with Crippen LogP contribution in [0.3, 0.4) is 0 Å². The number of rotatable bonds is 8. The highest BCUT2D eigenvalue weighted by Gasteiger charge is 2.21. The highest BCUT2D eigenvalue weighted by molar-refractivity contribution is 6.31. The van der Waals surface area contributed by atoms with Crippen molar-refractivity contribution in [3.8, 4) is 0 Å². The maximum atomic E-state index is 13.5. The lowest BCUT2D eigenvalue weighted by molar-refractivity contribution is -0.142. The average molecular weight is 408 g/mol. The number of carbonyl (C=O) groups excluding carboxylic acids is 2. The number of anilines is 3. The molecule has 8 heteroatoms. The molecule has 2 aromatic rings. The molecule has 0 heterocycles. The number of ether oxygens (including phenoxy) is 1. The Balaban J connectivity index is 2.33. The third kappa shape index (κ3) is 5.36. The Morgan fingerprint density at radius 3 is 2.57 bits per heavy atom. The van der Waals surface area contributed by atoms with Crippen molar-refractivity contribution >= 4 is 40.5 Å². The van der Waals surface area contributed by atoms with E-state index in [-0.39, 0.29) is 30.5 Å². The van der Waals surface area contributed by atoms with Crippen LogP contribution in [0.5, 0.6) is 0 Å². The minimum atomic E-state index is -0.595. The predicted octanol–water partition coefficient (Wildman–Crippen LogP) is 4.09. The van der Waals surface area contributed by atoms with Gasteiger partial charge in [-0.25, -0.2) is 4.39 Å². The standard InChI is InChI=1S/C20H23ClFN3O3/c1-3-24-18-8-5-13(11-17(18)23)20(27)25(10-9-19(26)28-4-2)14-6-7-16(22)15(21)12-14/h5-8,11-12,24H,3-4,9-10,23H2,1-2H3. The Morgan fingerprint density at radius 1 is 1.21 bits per heavy atom. The minimum absolute atomic E-state index is 0.0144. The van der Waals surface area contributed by atoms with E-state index in [1.54, 1.807) is 25.1 Å². The number of carbonyl (C=O) groups is 2. The Hall–Kier alpha value is -2.80. The van der Waals surface area contributed by atoms with Crippen LogP contribution in [-0.2, 0) is 9.53 Å². The van der Waals surface area contributed by atoms with Gasteiger partial charge in [-0.1, -0.05) is 11.6 Å². The molecule has 0 aromatic heterocycles. The Bertz CT molecular complexity index is 861. The summed E-state index contributed by atoms with van der Waals surface area (Å²) in [6.45, 7) is 4.63. The summed E-state index contributed by atoms with van der Waals surface area (Å²) in [5.74, 6) is -1.42. The van der Waals surface area contributed by atoms with E-state index in [1.165, 1.54) is 23.1 Å². The topological polar surface area (TPSA) is 84.7 Å². The number of nitrogens with two attached hydrogens (primary N) is 1. The normalized spacial score (nSPS) is 10.4. The number of nitrogen functional groups attached to an aromatic ring is 1. The summed E-state index contributed by atoms with van der Waals surface area (Å²) in [6, 6.07) is 8.86. The summed E-state index contributed by atoms with van der Waals surface area (Å²) < 4.78 is 18.5. The number of nitrogens with zero attached hydrogens (tertiary/aromatic N) is 1. The molecular weight excluding hydrogens is 385 g/mol. The van der Waals surface area contributed by atoms with Crippen LogP contribution < -0.4 is 16.0 Å². The maximum Gasteiger partial charge on any atom is 0.307 e. The first kappa shape index (κ1) is 21.5. The third-order valence-corrected chi connectivity index (χ3v) is 4.26. The molecule has 150 valence electrons. The number of hydrogen-bond acceptors (Lipinski definition) is 5. The molecule has 0 fully saturated rings. The van der Waals surface area contributed by atoms with Crippen molar-refractivity contribution in [2.75, 3.05) is 35.6 Å². The van der Waals surface area contributed by atoms with Crippen molar-refractivity contribution < 1.29 is 18.7 Å². The van der Waals surface area contributed by atoms with Gasteiger partial charge in [-0.2, -0.15) is 0 Å². The van der Waals surface area contributed by atoms with Crippen molar-refractivity contribution in [1.82, 2.24) is 0 Å². The van der Waals surface area contributed by atoms with Crippen molar-refractivity contribution in [3.05, 3.63) is 52.8 Å². The van der Waals surface area contributed by atoms with E-state index in [4.69, 9.17) is 22.1 Å². The van der Waals surface area contributed by atoms with E-state index in [2.05, 4.69) is 5.32 Å². The first-order valence-electron chi connectivity index (χ1n) is 8.93. The van der Waals surface area contributed by atoms with Crippen molar-refractivity contribution in [2.24, 2.45) is 0 Å². The van der Waals surface area contributed by atoms with Crippen LogP contribution in [0.15, 0.2) is 36.4 Å². The Morgan fingerprint density at radius 2 is 1.96 bits per heavy atom. The van der Waals surface area contributed by atoms with Crippen LogP contribution in [0.25, 0.3) is 0 Å². The van der Waals surface area contributed by atoms with Gasteiger partial charge in [-0.3, -0.25) is 9.59 Å². The second-order valence-electron chi connectivity index (χ2n) is 5.94. The first-order chi connectivity index (χ1) is 13.4. The van der Waals surface area contributed by atoms with Crippen molar-refractivity contribution in [3.63, 3.8) is 0 Å². The second kappa shape index (κ2) is 9.94. The summed E-state index contributed by atoms with van der Waals surface area (Å²) in [5, 5.41) is 2.98. The lowest BCUT2D eigenvalue weighted by Gasteiger charge is -2.23. The largest absolute Gasteiger partial charge is 0.466 e. The SMILES string of the molecule is CCNc1ccc(C(=O)N(CCC(=O)OCC)c2ccc(F)c(Cl)c2)cc1N. The molecule has 0 aliphatic heterocycles. The number of nitrogens with one attached hydrogen (secondary N) is 1. The summed E-state index contributed by atoms with van der Waals surface area (Å²) in [5.41, 5.74) is 7.87. The molecular formula is C20H23ClFN3O3. The van der Waals surface area contributed by atoms with Gasteiger partial charge in [0.2, 0.25) is 0 Å². The molecule has 6 nitrogen and oxygen atoms in total. The zero-order chi connectivity index (χ0) is 20.7. The van der Waals surface area contributed by atoms with Crippen LogP contribution in [0, 0.1) is 5.82 Å². The third-order valence-electron chi connectivity index (χ3n) is 3.97. The summed E-state index contributed by atoms with van der Waals surface area (Å²) in [4.78, 5) is 26.2. The van der Waals surface area contributed by atoms with E-state index in [9.17, 15) is 14.0 Å². The molecule has 1 amide bonds. The van der Waals surface area contributed by atoms with Crippen LogP contribution in [0.2, 0.25) is 5.02 Å². The highest BCUT2D eigenvalue weighted by atomic mass is 35.5. The fourth-order valence-corrected chi connectivity index (χ4v) is 2.81. The van der Waals surface area contributed by atoms with Gasteiger partial charge in [0.15, 0.2) is 0 Å². The Kier molecular flexibility index (Phi) is 7.63. The smallest absolute Gasteiger partial charge is 0.307 e. The van der Waals surface area contributed by atoms with E-state index in [1.807, 2.05) is 6.92 Å². The highest BCUT2D eigenvalue weighted by Crippen LogP contribution is 2.26. The molecule has 2 aromatic carbocycles. The number of esters is 1. The zero-order valence-electron chi connectivity index (χ0n) is 15.8. The molecule has 0 saturated carbocycles. The van der Waals surface area contributed by atoms with Crippen molar-refractivity contribution in [1.29, 1.82) is 0 Å². The van der Waals surface area contributed by atoms with Gasteiger partial charge in [0, 0.05) is 24.3 Å². The predicted molar refractivity (Wildman–Crippen MR) is 109 cm³/mol. The molecule has 0 aliphatic carbocycles. The quantitative estimate of drug-likeness (QED) is 0.508. The lowest BCUT2D eigenvalue weighted by atomic mass is 10.1. The van der Waals surface area contributed by atoms with Gasteiger partial charge in [0.1, 0.15) is 5.82 Å². The van der Waals surface area contributed by atoms with E-state index >= 15 is 0 Å². The van der Waals surface area contributed by atoms with Crippen LogP contribution in [-0.4, -0.2) is 31.6 Å². The fraction of sp³-hybridized carbons (Fsp3) is 0.300. The zero-order valence-corrected chi connectivity index (χ0v) is 16.6. The number of benzene rings is 2. The van der Waals surface area contributed by atoms with Gasteiger partial charge in [0.05, 0.1) is 29.4 Å². The van der Waals surface area contributed by atoms with Gasteiger partial charge in [-0.05, 0) is 50.2 Å². The summed E-state index contributed by atoms with van der Waals surface area (Å²) in [6.07, 6.45) is -0.0144. The molecule has 0 atom stereocenters. The fourth-order valence-electron chi connectivity index (χ4n) is 2.64. The van der Waals surface area contributed by atoms with Crippen molar-refractivity contribution in [2.45, 2.75) is 20.3 Å².